The molecule has 2 heterocycles. The minimum absolute atomic E-state index is 0.00150. The third-order valence-electron chi connectivity index (χ3n) is 5.18. The Bertz CT molecular complexity index is 677. The molecule has 126 valence electrons. The van der Waals surface area contributed by atoms with E-state index in [-0.39, 0.29) is 23.9 Å². The van der Waals surface area contributed by atoms with E-state index in [9.17, 15) is 9.59 Å². The fourth-order valence-corrected chi connectivity index (χ4v) is 3.40. The lowest BCUT2D eigenvalue weighted by Gasteiger charge is -2.28. The fraction of sp³-hybridized carbons (Fsp3) is 0.474. The van der Waals surface area contributed by atoms with Crippen molar-refractivity contribution in [2.75, 3.05) is 18.0 Å². The topological polar surface area (TPSA) is 61.4 Å². The maximum absolute atomic E-state index is 12.6. The summed E-state index contributed by atoms with van der Waals surface area (Å²) in [6.07, 6.45) is 7.57. The van der Waals surface area contributed by atoms with Crippen LogP contribution in [0, 0.1) is 5.92 Å². The zero-order chi connectivity index (χ0) is 16.5. The maximum Gasteiger partial charge on any atom is 0.250 e. The third kappa shape index (κ3) is 3.08. The highest BCUT2D eigenvalue weighted by atomic mass is 16.2. The molecule has 5 heteroatoms. The minimum Gasteiger partial charge on any atom is -0.348 e. The zero-order valence-corrected chi connectivity index (χ0v) is 13.7. The molecule has 2 amide bonds. The van der Waals surface area contributed by atoms with Gasteiger partial charge < -0.3 is 15.5 Å². The Kier molecular flexibility index (Phi) is 4.10. The number of amides is 2. The van der Waals surface area contributed by atoms with Gasteiger partial charge in [-0.15, -0.1) is 0 Å². The molecule has 2 fully saturated rings. The maximum atomic E-state index is 12.6. The molecule has 1 saturated carbocycles. The van der Waals surface area contributed by atoms with E-state index in [1.54, 1.807) is 6.08 Å². The predicted molar refractivity (Wildman–Crippen MR) is 92.7 cm³/mol. The number of carbonyl (C=O) groups excluding carboxylic acids is 2. The SMILES string of the molecule is O=C(N[C@H](/C=C/C(=O)N1CCc2ccccc21)C1CC1)C1CCN1. The molecular formula is C19H23N3O2. The van der Waals surface area contributed by atoms with Gasteiger partial charge in [0, 0.05) is 18.3 Å². The monoisotopic (exact) mass is 325 g/mol. The Labute approximate surface area is 142 Å². The summed E-state index contributed by atoms with van der Waals surface area (Å²) in [6.45, 7) is 1.64. The molecule has 0 aromatic heterocycles. The van der Waals surface area contributed by atoms with Gasteiger partial charge in [0.05, 0.1) is 12.1 Å². The lowest BCUT2D eigenvalue weighted by Crippen LogP contribution is -2.55. The summed E-state index contributed by atoms with van der Waals surface area (Å²) in [5.41, 5.74) is 2.24. The van der Waals surface area contributed by atoms with Gasteiger partial charge in [-0.25, -0.2) is 0 Å². The second kappa shape index (κ2) is 6.40. The highest BCUT2D eigenvalue weighted by Crippen LogP contribution is 2.33. The normalized spacial score (nSPS) is 23.7. The summed E-state index contributed by atoms with van der Waals surface area (Å²) >= 11 is 0. The average Bonchev–Trinajstić information content (AvgIpc) is 3.28. The minimum atomic E-state index is -0.0548. The first-order chi connectivity index (χ1) is 11.7. The number of hydrogen-bond donors (Lipinski definition) is 2. The molecule has 1 unspecified atom stereocenters. The van der Waals surface area contributed by atoms with Gasteiger partial charge in [-0.2, -0.15) is 0 Å². The third-order valence-corrected chi connectivity index (χ3v) is 5.18. The van der Waals surface area contributed by atoms with Crippen LogP contribution in [0.1, 0.15) is 24.8 Å². The number of carbonyl (C=O) groups is 2. The summed E-state index contributed by atoms with van der Waals surface area (Å²) in [5.74, 6) is 0.535. The second-order valence-corrected chi connectivity index (χ2v) is 6.89. The van der Waals surface area contributed by atoms with Crippen LogP contribution in [0.5, 0.6) is 0 Å². The van der Waals surface area contributed by atoms with Crippen LogP contribution in [0.15, 0.2) is 36.4 Å². The van der Waals surface area contributed by atoms with Crippen LogP contribution in [-0.2, 0) is 16.0 Å². The first-order valence-corrected chi connectivity index (χ1v) is 8.84. The summed E-state index contributed by atoms with van der Waals surface area (Å²) in [4.78, 5) is 26.5. The van der Waals surface area contributed by atoms with Gasteiger partial charge in [-0.3, -0.25) is 9.59 Å². The Morgan fingerprint density at radius 3 is 2.75 bits per heavy atom. The molecule has 24 heavy (non-hydrogen) atoms. The lowest BCUT2D eigenvalue weighted by molar-refractivity contribution is -0.125. The van der Waals surface area contributed by atoms with Crippen molar-refractivity contribution in [2.24, 2.45) is 5.92 Å². The molecule has 1 aliphatic carbocycles. The lowest BCUT2D eigenvalue weighted by atomic mass is 10.1. The van der Waals surface area contributed by atoms with E-state index in [2.05, 4.69) is 16.7 Å². The van der Waals surface area contributed by atoms with Crippen molar-refractivity contribution in [2.45, 2.75) is 37.8 Å². The number of fused-ring (bicyclic) bond motifs is 1. The number of nitrogens with one attached hydrogen (secondary N) is 2. The quantitative estimate of drug-likeness (QED) is 0.804. The van der Waals surface area contributed by atoms with Crippen LogP contribution in [0.25, 0.3) is 0 Å². The van der Waals surface area contributed by atoms with E-state index in [1.807, 2.05) is 29.2 Å². The second-order valence-electron chi connectivity index (χ2n) is 6.89. The first-order valence-electron chi connectivity index (χ1n) is 8.84. The summed E-state index contributed by atoms with van der Waals surface area (Å²) in [7, 11) is 0. The summed E-state index contributed by atoms with van der Waals surface area (Å²) in [5, 5.41) is 6.21. The standard InChI is InChI=1S/C19H23N3O2/c23-18(22-12-10-14-3-1-2-4-17(14)22)8-7-15(13-5-6-13)21-19(24)16-9-11-20-16/h1-4,7-8,13,15-16,20H,5-6,9-12H2,(H,21,24)/b8-7+/t15-,16?/m1/s1. The van der Waals surface area contributed by atoms with Gasteiger partial charge in [0.15, 0.2) is 0 Å². The Hall–Kier alpha value is -2.14. The molecule has 0 bridgehead atoms. The number of rotatable bonds is 5. The Morgan fingerprint density at radius 2 is 2.04 bits per heavy atom. The molecule has 2 aliphatic heterocycles. The number of anilines is 1. The molecular weight excluding hydrogens is 302 g/mol. The van der Waals surface area contributed by atoms with Crippen LogP contribution < -0.4 is 15.5 Å². The summed E-state index contributed by atoms with van der Waals surface area (Å²) in [6, 6.07) is 7.97. The van der Waals surface area contributed by atoms with Crippen molar-refractivity contribution in [1.29, 1.82) is 0 Å². The van der Waals surface area contributed by atoms with Crippen LogP contribution >= 0.6 is 0 Å². The van der Waals surface area contributed by atoms with Gasteiger partial charge in [0.1, 0.15) is 0 Å². The highest BCUT2D eigenvalue weighted by Gasteiger charge is 2.34. The molecule has 0 radical (unpaired) electrons. The van der Waals surface area contributed by atoms with E-state index in [0.717, 1.165) is 44.5 Å². The van der Waals surface area contributed by atoms with Crippen molar-refractivity contribution in [3.63, 3.8) is 0 Å². The van der Waals surface area contributed by atoms with E-state index >= 15 is 0 Å². The number of benzene rings is 1. The Balaban J connectivity index is 1.41. The zero-order valence-electron chi connectivity index (χ0n) is 13.7. The largest absolute Gasteiger partial charge is 0.348 e. The van der Waals surface area contributed by atoms with Crippen molar-refractivity contribution >= 4 is 17.5 Å². The number of hydrogen-bond acceptors (Lipinski definition) is 3. The first kappa shape index (κ1) is 15.4. The van der Waals surface area contributed by atoms with Gasteiger partial charge in [-0.1, -0.05) is 24.3 Å². The predicted octanol–water partition coefficient (Wildman–Crippen LogP) is 1.39. The molecule has 4 rings (SSSR count). The van der Waals surface area contributed by atoms with Crippen molar-refractivity contribution < 1.29 is 9.59 Å². The molecule has 2 atom stereocenters. The molecule has 1 saturated heterocycles. The van der Waals surface area contributed by atoms with Gasteiger partial charge in [-0.05, 0) is 49.8 Å². The van der Waals surface area contributed by atoms with Crippen molar-refractivity contribution in [1.82, 2.24) is 10.6 Å². The average molecular weight is 325 g/mol. The van der Waals surface area contributed by atoms with Crippen LogP contribution in [0.2, 0.25) is 0 Å². The van der Waals surface area contributed by atoms with Crippen LogP contribution in [-0.4, -0.2) is 37.0 Å². The van der Waals surface area contributed by atoms with E-state index in [1.165, 1.54) is 5.56 Å². The van der Waals surface area contributed by atoms with Crippen molar-refractivity contribution in [3.8, 4) is 0 Å². The number of nitrogens with zero attached hydrogens (tertiary/aromatic N) is 1. The van der Waals surface area contributed by atoms with Crippen LogP contribution in [0.3, 0.4) is 0 Å². The van der Waals surface area contributed by atoms with E-state index < -0.39 is 0 Å². The van der Waals surface area contributed by atoms with Gasteiger partial charge >= 0.3 is 0 Å². The van der Waals surface area contributed by atoms with Gasteiger partial charge in [0.2, 0.25) is 5.91 Å². The smallest absolute Gasteiger partial charge is 0.250 e. The molecule has 0 spiro atoms. The fourth-order valence-electron chi connectivity index (χ4n) is 3.40. The van der Waals surface area contributed by atoms with E-state index in [4.69, 9.17) is 0 Å². The molecule has 1 aromatic carbocycles. The molecule has 1 aromatic rings. The number of para-hydroxylation sites is 1. The van der Waals surface area contributed by atoms with Crippen molar-refractivity contribution in [3.05, 3.63) is 42.0 Å². The Morgan fingerprint density at radius 1 is 1.25 bits per heavy atom. The van der Waals surface area contributed by atoms with Gasteiger partial charge in [0.25, 0.3) is 5.91 Å². The molecule has 5 nitrogen and oxygen atoms in total. The summed E-state index contributed by atoms with van der Waals surface area (Å²) < 4.78 is 0. The van der Waals surface area contributed by atoms with E-state index in [0.29, 0.717) is 5.92 Å². The van der Waals surface area contributed by atoms with Crippen LogP contribution in [0.4, 0.5) is 5.69 Å². The highest BCUT2D eigenvalue weighted by molar-refractivity contribution is 6.03. The molecule has 2 N–H and O–H groups in total. The molecule has 3 aliphatic rings.